The van der Waals surface area contributed by atoms with Gasteiger partial charge in [-0.1, -0.05) is 53.0 Å². The molecule has 1 aliphatic heterocycles. The van der Waals surface area contributed by atoms with Gasteiger partial charge in [-0.15, -0.1) is 0 Å². The largest absolute Gasteiger partial charge is 0.493 e. The Morgan fingerprint density at radius 1 is 1.03 bits per heavy atom. The number of imide groups is 1. The maximum Gasteiger partial charge on any atom is 0.345 e. The Hall–Kier alpha value is -3.04. The lowest BCUT2D eigenvalue weighted by Crippen LogP contribution is -2.27. The van der Waals surface area contributed by atoms with Gasteiger partial charge >= 0.3 is 5.97 Å². The van der Waals surface area contributed by atoms with Crippen LogP contribution in [0, 0.1) is 5.82 Å². The van der Waals surface area contributed by atoms with Crippen LogP contribution in [-0.2, 0) is 11.3 Å². The summed E-state index contributed by atoms with van der Waals surface area (Å²) in [5.74, 6) is -1.69. The van der Waals surface area contributed by atoms with Gasteiger partial charge in [0.25, 0.3) is 11.1 Å². The van der Waals surface area contributed by atoms with Gasteiger partial charge in [-0.25, -0.2) is 9.18 Å². The topological polar surface area (TPSA) is 72.9 Å². The van der Waals surface area contributed by atoms with Gasteiger partial charge in [0.15, 0.2) is 11.5 Å². The molecule has 3 aromatic carbocycles. The maximum atomic E-state index is 13.3. The van der Waals surface area contributed by atoms with E-state index in [1.807, 2.05) is 0 Å². The van der Waals surface area contributed by atoms with Crippen LogP contribution < -0.4 is 9.47 Å². The molecule has 0 unspecified atom stereocenters. The zero-order chi connectivity index (χ0) is 26.0. The minimum Gasteiger partial charge on any atom is -0.493 e. The third-order valence-corrected chi connectivity index (χ3v) is 6.92. The molecule has 1 fully saturated rings. The molecule has 1 saturated heterocycles. The lowest BCUT2D eigenvalue weighted by molar-refractivity contribution is -0.123. The van der Waals surface area contributed by atoms with Crippen LogP contribution in [0.3, 0.4) is 0 Å². The number of esters is 1. The first-order valence-electron chi connectivity index (χ1n) is 10.2. The Labute approximate surface area is 224 Å². The number of benzene rings is 3. The van der Waals surface area contributed by atoms with E-state index < -0.39 is 22.9 Å². The number of thioether (sulfide) groups is 1. The van der Waals surface area contributed by atoms with E-state index >= 15 is 0 Å². The smallest absolute Gasteiger partial charge is 0.345 e. The Balaban J connectivity index is 1.58. The molecule has 11 heteroatoms. The SMILES string of the molecule is COc1cc(/C=C2\SC(=O)N(Cc3ccc(F)cc3Cl)C2=O)cc(Cl)c1OC(=O)c1ccccc1Cl. The summed E-state index contributed by atoms with van der Waals surface area (Å²) in [6.07, 6.45) is 1.46. The number of halogens is 4. The van der Waals surface area contributed by atoms with Gasteiger partial charge in [-0.05, 0) is 65.4 Å². The normalized spacial score (nSPS) is 14.5. The van der Waals surface area contributed by atoms with Crippen molar-refractivity contribution in [2.45, 2.75) is 6.54 Å². The molecule has 2 amide bonds. The number of rotatable bonds is 6. The molecule has 0 bridgehead atoms. The van der Waals surface area contributed by atoms with Crippen molar-refractivity contribution >= 4 is 69.8 Å². The summed E-state index contributed by atoms with van der Waals surface area (Å²) in [4.78, 5) is 39.1. The van der Waals surface area contributed by atoms with Gasteiger partial charge in [0.2, 0.25) is 0 Å². The minimum atomic E-state index is -0.728. The lowest BCUT2D eigenvalue weighted by atomic mass is 10.1. The molecule has 4 rings (SSSR count). The lowest BCUT2D eigenvalue weighted by Gasteiger charge is -2.14. The van der Waals surface area contributed by atoms with Crippen molar-refractivity contribution in [2.75, 3.05) is 7.11 Å². The van der Waals surface area contributed by atoms with Crippen molar-refractivity contribution in [3.8, 4) is 11.5 Å². The summed E-state index contributed by atoms with van der Waals surface area (Å²) in [6.45, 7) is -0.109. The predicted molar refractivity (Wildman–Crippen MR) is 137 cm³/mol. The molecule has 36 heavy (non-hydrogen) atoms. The number of nitrogens with zero attached hydrogens (tertiary/aromatic N) is 1. The van der Waals surface area contributed by atoms with Crippen molar-refractivity contribution < 1.29 is 28.2 Å². The highest BCUT2D eigenvalue weighted by Gasteiger charge is 2.35. The number of methoxy groups -OCH3 is 1. The molecular formula is C25H15Cl3FNO5S. The number of ether oxygens (including phenoxy) is 2. The summed E-state index contributed by atoms with van der Waals surface area (Å²) in [7, 11) is 1.36. The molecule has 0 saturated carbocycles. The van der Waals surface area contributed by atoms with E-state index in [4.69, 9.17) is 44.3 Å². The molecule has 1 aliphatic rings. The molecule has 0 atom stereocenters. The number of carbonyl (C=O) groups is 3. The van der Waals surface area contributed by atoms with Gasteiger partial charge in [0.05, 0.1) is 34.2 Å². The van der Waals surface area contributed by atoms with Gasteiger partial charge in [-0.2, -0.15) is 0 Å². The van der Waals surface area contributed by atoms with Crippen LogP contribution in [-0.4, -0.2) is 29.1 Å². The van der Waals surface area contributed by atoms with Gasteiger partial charge in [0, 0.05) is 5.02 Å². The summed E-state index contributed by atoms with van der Waals surface area (Å²) in [6, 6.07) is 13.1. The molecule has 6 nitrogen and oxygen atoms in total. The number of carbonyl (C=O) groups excluding carboxylic acids is 3. The van der Waals surface area contributed by atoms with Crippen molar-refractivity contribution in [1.29, 1.82) is 0 Å². The quantitative estimate of drug-likeness (QED) is 0.178. The standard InChI is InChI=1S/C25H15Cl3FNO5S/c1-34-20-9-13(8-19(28)22(20)35-24(32)16-4-2-3-5-17(16)26)10-21-23(31)30(25(33)36-21)12-14-6-7-15(29)11-18(14)27/h2-11H,12H2,1H3/b21-10-. The zero-order valence-corrected chi connectivity index (χ0v) is 21.5. The number of hydrogen-bond acceptors (Lipinski definition) is 6. The number of amides is 2. The summed E-state index contributed by atoms with van der Waals surface area (Å²) >= 11 is 19.2. The molecule has 1 heterocycles. The summed E-state index contributed by atoms with van der Waals surface area (Å²) in [5, 5.41) is -0.142. The first kappa shape index (κ1) is 26.0. The van der Waals surface area contributed by atoms with Crippen LogP contribution in [0.5, 0.6) is 11.5 Å². The van der Waals surface area contributed by atoms with E-state index in [2.05, 4.69) is 0 Å². The van der Waals surface area contributed by atoms with Gasteiger partial charge in [0.1, 0.15) is 5.82 Å². The van der Waals surface area contributed by atoms with Crippen LogP contribution in [0.2, 0.25) is 15.1 Å². The predicted octanol–water partition coefficient (Wildman–Crippen LogP) is 7.25. The third kappa shape index (κ3) is 5.52. The van der Waals surface area contributed by atoms with Gasteiger partial charge in [-0.3, -0.25) is 14.5 Å². The van der Waals surface area contributed by atoms with Crippen molar-refractivity contribution in [3.63, 3.8) is 0 Å². The van der Waals surface area contributed by atoms with Crippen LogP contribution in [0.25, 0.3) is 6.08 Å². The second-order valence-corrected chi connectivity index (χ2v) is 9.62. The molecule has 0 aliphatic carbocycles. The Morgan fingerprint density at radius 2 is 1.78 bits per heavy atom. The summed E-state index contributed by atoms with van der Waals surface area (Å²) < 4.78 is 24.1. The van der Waals surface area contributed by atoms with Crippen LogP contribution in [0.1, 0.15) is 21.5 Å². The highest BCUT2D eigenvalue weighted by Crippen LogP contribution is 2.40. The van der Waals surface area contributed by atoms with Crippen molar-refractivity contribution in [1.82, 2.24) is 4.90 Å². The maximum absolute atomic E-state index is 13.3. The fourth-order valence-electron chi connectivity index (χ4n) is 3.30. The van der Waals surface area contributed by atoms with E-state index in [0.717, 1.165) is 22.7 Å². The molecule has 0 spiro atoms. The average molecular weight is 567 g/mol. The Morgan fingerprint density at radius 3 is 2.47 bits per heavy atom. The van der Waals surface area contributed by atoms with E-state index in [-0.39, 0.29) is 43.6 Å². The van der Waals surface area contributed by atoms with E-state index in [9.17, 15) is 18.8 Å². The van der Waals surface area contributed by atoms with Crippen LogP contribution in [0.15, 0.2) is 59.5 Å². The van der Waals surface area contributed by atoms with E-state index in [1.54, 1.807) is 18.2 Å². The van der Waals surface area contributed by atoms with E-state index in [1.165, 1.54) is 43.5 Å². The monoisotopic (exact) mass is 565 g/mol. The highest BCUT2D eigenvalue weighted by molar-refractivity contribution is 8.18. The van der Waals surface area contributed by atoms with Crippen molar-refractivity contribution in [3.05, 3.63) is 97.1 Å². The minimum absolute atomic E-state index is 0.0275. The molecule has 0 N–H and O–H groups in total. The van der Waals surface area contributed by atoms with E-state index in [0.29, 0.717) is 11.1 Å². The van der Waals surface area contributed by atoms with Crippen LogP contribution in [0.4, 0.5) is 9.18 Å². The second kappa shape index (κ2) is 10.9. The average Bonchev–Trinajstić information content (AvgIpc) is 3.09. The molecule has 184 valence electrons. The highest BCUT2D eigenvalue weighted by atomic mass is 35.5. The Kier molecular flexibility index (Phi) is 7.90. The third-order valence-electron chi connectivity index (χ3n) is 5.06. The first-order valence-corrected chi connectivity index (χ1v) is 12.2. The molecule has 0 radical (unpaired) electrons. The molecule has 0 aromatic heterocycles. The Bertz CT molecular complexity index is 1430. The fourth-order valence-corrected chi connectivity index (χ4v) is 4.84. The second-order valence-electron chi connectivity index (χ2n) is 7.41. The van der Waals surface area contributed by atoms with Crippen LogP contribution >= 0.6 is 46.6 Å². The zero-order valence-electron chi connectivity index (χ0n) is 18.4. The van der Waals surface area contributed by atoms with Gasteiger partial charge < -0.3 is 9.47 Å². The number of hydrogen-bond donors (Lipinski definition) is 0. The van der Waals surface area contributed by atoms with Crippen molar-refractivity contribution in [2.24, 2.45) is 0 Å². The fraction of sp³-hybridized carbons (Fsp3) is 0.0800. The molecular weight excluding hydrogens is 552 g/mol. The first-order chi connectivity index (χ1) is 17.2. The molecule has 3 aromatic rings. The summed E-state index contributed by atoms with van der Waals surface area (Å²) in [5.41, 5.74) is 1.01.